The average molecular weight is 1110 g/mol. The fourth-order valence-corrected chi connectivity index (χ4v) is 24.5. The zero-order valence-electron chi connectivity index (χ0n) is 44.5. The van der Waals surface area contributed by atoms with Gasteiger partial charge in [-0.15, -0.1) is 0 Å². The quantitative estimate of drug-likeness (QED) is 0.115. The van der Waals surface area contributed by atoms with Crippen LogP contribution in [0.1, 0.15) is 161 Å². The number of rotatable bonds is 17. The van der Waals surface area contributed by atoms with E-state index >= 15 is 0 Å². The standard InChI is InChI=1S/C29H42N2O2P2.C18H35N2O2P.2C5H10.2Fe/c1-32-22-24-12-10-20-30(24)35(31-21-11-13-25(31)23-33-2)29-19-9-18-28(29)34(26-14-5-3-6-15-26)27-16-7-4-8-17-27;1-15-7-4-10-18(15)23(19-11-5-8-16(19)13-21-2)20-12-6-9-17(20)14-22-3;2*1-2-4-5-3-1;;/h3-8,14-17,24-25,28-29H,9-13,18-23H2,1-2H3;15-18H,4-14H2,1-3H3;2*1-5H2;;/t24-,25-,28?,29?;15?,16-,17-,18?;;;;/m11..../s1. The SMILES string of the molecule is C1CCCC1.C1CCCC1.COC[C@H]1CCCN1P(C1CCCC1C)N1CCC[C@@H]1COC.COC[C@H]1CCCN1P(C1CCCC1P(c1ccccc1)c1ccccc1)N1CCC[C@@H]1COC.[Fe].[Fe]. The van der Waals surface area contributed by atoms with Crippen LogP contribution in [0.4, 0.5) is 0 Å². The summed E-state index contributed by atoms with van der Waals surface area (Å²) < 4.78 is 34.2. The van der Waals surface area contributed by atoms with E-state index in [4.69, 9.17) is 18.9 Å². The van der Waals surface area contributed by atoms with Gasteiger partial charge in [-0.3, -0.25) is 18.7 Å². The summed E-state index contributed by atoms with van der Waals surface area (Å²) in [6, 6.07) is 25.3. The van der Waals surface area contributed by atoms with Crippen LogP contribution in [-0.4, -0.2) is 141 Å². The van der Waals surface area contributed by atoms with Crippen molar-refractivity contribution in [3.8, 4) is 0 Å². The van der Waals surface area contributed by atoms with Gasteiger partial charge in [-0.2, -0.15) is 0 Å². The molecule has 0 radical (unpaired) electrons. The molecule has 2 aromatic carbocycles. The molecule has 0 aromatic heterocycles. The third-order valence-corrected chi connectivity index (χ3v) is 26.6. The smallest absolute Gasteiger partial charge is 0.0621 e. The van der Waals surface area contributed by atoms with Crippen LogP contribution >= 0.6 is 24.4 Å². The maximum Gasteiger partial charge on any atom is 0.0621 e. The summed E-state index contributed by atoms with van der Waals surface area (Å²) in [6.07, 6.45) is 33.8. The predicted molar refractivity (Wildman–Crippen MR) is 294 cm³/mol. The van der Waals surface area contributed by atoms with Crippen LogP contribution in [0.25, 0.3) is 0 Å². The largest absolute Gasteiger partial charge is 0.383 e. The molecule has 4 unspecified atom stereocenters. The van der Waals surface area contributed by atoms with Gasteiger partial charge in [-0.05, 0) is 107 Å². The second kappa shape index (κ2) is 34.3. The molecule has 8 aliphatic rings. The molecule has 0 bridgehead atoms. The van der Waals surface area contributed by atoms with Crippen molar-refractivity contribution in [3.63, 3.8) is 0 Å². The van der Waals surface area contributed by atoms with E-state index in [1.54, 1.807) is 10.6 Å². The summed E-state index contributed by atoms with van der Waals surface area (Å²) in [5, 5.41) is 3.09. The Morgan fingerprint density at radius 3 is 0.986 bits per heavy atom. The minimum absolute atomic E-state index is 0. The van der Waals surface area contributed by atoms with Crippen molar-refractivity contribution in [1.29, 1.82) is 0 Å². The molecule has 0 spiro atoms. The second-order valence-corrected chi connectivity index (χ2v) is 28.5. The van der Waals surface area contributed by atoms with E-state index in [-0.39, 0.29) is 42.4 Å². The van der Waals surface area contributed by atoms with E-state index in [2.05, 4.69) is 86.3 Å². The topological polar surface area (TPSA) is 49.9 Å². The predicted octanol–water partition coefficient (Wildman–Crippen LogP) is 13.2. The van der Waals surface area contributed by atoms with Crippen molar-refractivity contribution in [3.05, 3.63) is 60.7 Å². The van der Waals surface area contributed by atoms with Gasteiger partial charge in [0, 0.05) is 141 Å². The van der Waals surface area contributed by atoms with Gasteiger partial charge in [0.05, 0.1) is 26.4 Å². The fraction of sp³-hybridized carbons (Fsp3) is 0.789. The Balaban J connectivity index is 0.000000222. The van der Waals surface area contributed by atoms with Crippen LogP contribution in [0.15, 0.2) is 60.7 Å². The average Bonchev–Trinajstić information content (AvgIpc) is 4.21. The number of ether oxygens (including phenoxy) is 4. The Morgan fingerprint density at radius 2 is 0.671 bits per heavy atom. The first kappa shape index (κ1) is 61.3. The molecule has 4 aliphatic heterocycles. The molecule has 0 amide bonds. The maximum absolute atomic E-state index is 5.75. The van der Waals surface area contributed by atoms with Crippen LogP contribution in [0.5, 0.6) is 0 Å². The zero-order chi connectivity index (χ0) is 47.3. The molecule has 70 heavy (non-hydrogen) atoms. The van der Waals surface area contributed by atoms with Crippen molar-refractivity contribution < 1.29 is 53.1 Å². The number of benzene rings is 2. The molecule has 4 saturated heterocycles. The molecule has 0 N–H and O–H groups in total. The van der Waals surface area contributed by atoms with Gasteiger partial charge in [0.15, 0.2) is 0 Å². The van der Waals surface area contributed by atoms with Crippen molar-refractivity contribution in [2.24, 2.45) is 5.92 Å². The molecule has 4 saturated carbocycles. The van der Waals surface area contributed by atoms with E-state index < -0.39 is 16.1 Å². The van der Waals surface area contributed by atoms with Crippen molar-refractivity contribution in [2.45, 2.75) is 202 Å². The molecular weight excluding hydrogens is 1010 g/mol. The number of hydrogen-bond donors (Lipinski definition) is 0. The molecule has 13 heteroatoms. The molecular formula is C57H97Fe2N4O4P3. The van der Waals surface area contributed by atoms with E-state index in [1.807, 2.05) is 28.4 Å². The summed E-state index contributed by atoms with van der Waals surface area (Å²) in [4.78, 5) is 0. The van der Waals surface area contributed by atoms with E-state index in [0.29, 0.717) is 24.2 Å². The van der Waals surface area contributed by atoms with E-state index in [0.717, 1.165) is 49.3 Å². The van der Waals surface area contributed by atoms with Crippen LogP contribution in [0.3, 0.4) is 0 Å². The third-order valence-electron chi connectivity index (χ3n) is 16.6. The fourth-order valence-electron chi connectivity index (χ4n) is 13.3. The normalized spacial score (nSPS) is 29.4. The first-order valence-corrected chi connectivity index (χ1v) is 32.1. The summed E-state index contributed by atoms with van der Waals surface area (Å²) >= 11 is 0. The Labute approximate surface area is 453 Å². The monoisotopic (exact) mass is 1110 g/mol. The van der Waals surface area contributed by atoms with Crippen molar-refractivity contribution in [2.75, 3.05) is 81.0 Å². The maximum atomic E-state index is 5.75. The summed E-state index contributed by atoms with van der Waals surface area (Å²) in [7, 11) is 6.49. The Morgan fingerprint density at radius 1 is 0.371 bits per heavy atom. The van der Waals surface area contributed by atoms with Gasteiger partial charge >= 0.3 is 0 Å². The van der Waals surface area contributed by atoms with Gasteiger partial charge < -0.3 is 18.9 Å². The van der Waals surface area contributed by atoms with E-state index in [1.165, 1.54) is 180 Å². The third kappa shape index (κ3) is 17.2. The molecule has 4 heterocycles. The molecule has 400 valence electrons. The Hall–Kier alpha value is 0.449. The summed E-state index contributed by atoms with van der Waals surface area (Å²) in [5.41, 5.74) is 2.36. The zero-order valence-corrected chi connectivity index (χ0v) is 49.4. The van der Waals surface area contributed by atoms with Gasteiger partial charge in [-0.1, -0.05) is 145 Å². The van der Waals surface area contributed by atoms with Crippen LogP contribution in [-0.2, 0) is 53.1 Å². The van der Waals surface area contributed by atoms with Crippen molar-refractivity contribution >= 4 is 35.0 Å². The van der Waals surface area contributed by atoms with Gasteiger partial charge in [0.2, 0.25) is 0 Å². The molecule has 8 atom stereocenters. The molecule has 4 aliphatic carbocycles. The van der Waals surface area contributed by atoms with Crippen LogP contribution < -0.4 is 10.6 Å². The van der Waals surface area contributed by atoms with E-state index in [9.17, 15) is 0 Å². The summed E-state index contributed by atoms with van der Waals surface area (Å²) in [6.45, 7) is 11.1. The number of hydrogen-bond acceptors (Lipinski definition) is 8. The Kier molecular flexibility index (Phi) is 30.0. The first-order chi connectivity index (χ1) is 33.6. The molecule has 2 aromatic rings. The van der Waals surface area contributed by atoms with Crippen molar-refractivity contribution in [1.82, 2.24) is 18.7 Å². The first-order valence-electron chi connectivity index (χ1n) is 28.1. The minimum Gasteiger partial charge on any atom is -0.383 e. The Bertz CT molecular complexity index is 1530. The van der Waals surface area contributed by atoms with Gasteiger partial charge in [0.25, 0.3) is 0 Å². The number of methoxy groups -OCH3 is 4. The van der Waals surface area contributed by atoms with Crippen LogP contribution in [0, 0.1) is 5.92 Å². The number of nitrogens with zero attached hydrogens (tertiary/aromatic N) is 4. The molecule has 8 nitrogen and oxygen atoms in total. The van der Waals surface area contributed by atoms with Gasteiger partial charge in [-0.25, -0.2) is 0 Å². The molecule has 10 rings (SSSR count). The molecule has 8 fully saturated rings. The van der Waals surface area contributed by atoms with Gasteiger partial charge in [0.1, 0.15) is 0 Å². The minimum atomic E-state index is -0.396. The summed E-state index contributed by atoms with van der Waals surface area (Å²) in [5.74, 6) is 0.883. The second-order valence-electron chi connectivity index (χ2n) is 21.4. The van der Waals surface area contributed by atoms with Crippen LogP contribution in [0.2, 0.25) is 0 Å².